The van der Waals surface area contributed by atoms with Crippen LogP contribution in [0.5, 0.6) is 0 Å². The Kier molecular flexibility index (Phi) is 3.22. The Balaban J connectivity index is 1.73. The smallest absolute Gasteiger partial charge is 0.125 e. The molecule has 2 saturated heterocycles. The number of hydrogen-bond acceptors (Lipinski definition) is 4. The van der Waals surface area contributed by atoms with Gasteiger partial charge in [-0.1, -0.05) is 0 Å². The third-order valence-corrected chi connectivity index (χ3v) is 4.31. The lowest BCUT2D eigenvalue weighted by Gasteiger charge is -2.37. The normalized spacial score (nSPS) is 31.6. The van der Waals surface area contributed by atoms with Crippen molar-refractivity contribution in [3.8, 4) is 0 Å². The number of anilines is 1. The number of nitrogens with one attached hydrogen (secondary N) is 1. The highest BCUT2D eigenvalue weighted by atomic mass is 16.3. The van der Waals surface area contributed by atoms with E-state index in [1.807, 2.05) is 13.2 Å². The molecule has 2 aliphatic rings. The van der Waals surface area contributed by atoms with Gasteiger partial charge in [0, 0.05) is 31.9 Å². The molecular weight excluding hydrogens is 226 g/mol. The first-order valence-corrected chi connectivity index (χ1v) is 6.83. The van der Waals surface area contributed by atoms with Gasteiger partial charge in [-0.3, -0.25) is 4.90 Å². The lowest BCUT2D eigenvalue weighted by molar-refractivity contribution is 0.0310. The molecular formula is C14H21N3O. The lowest BCUT2D eigenvalue weighted by atomic mass is 9.99. The highest BCUT2D eigenvalue weighted by Crippen LogP contribution is 2.36. The Morgan fingerprint density at radius 2 is 2.11 bits per heavy atom. The molecule has 1 aromatic heterocycles. The summed E-state index contributed by atoms with van der Waals surface area (Å²) in [4.78, 5) is 6.82. The summed E-state index contributed by atoms with van der Waals surface area (Å²) in [7, 11) is 1.90. The lowest BCUT2D eigenvalue weighted by Crippen LogP contribution is -2.44. The summed E-state index contributed by atoms with van der Waals surface area (Å²) in [6, 6.07) is 5.35. The third kappa shape index (κ3) is 2.22. The van der Waals surface area contributed by atoms with Crippen molar-refractivity contribution in [1.82, 2.24) is 9.88 Å². The quantitative estimate of drug-likeness (QED) is 0.852. The van der Waals surface area contributed by atoms with E-state index in [1.54, 1.807) is 0 Å². The molecule has 2 unspecified atom stereocenters. The molecule has 2 N–H and O–H groups in total. The third-order valence-electron chi connectivity index (χ3n) is 4.31. The molecule has 0 amide bonds. The number of pyridine rings is 1. The number of hydrogen-bond donors (Lipinski definition) is 2. The van der Waals surface area contributed by atoms with Gasteiger partial charge in [0.15, 0.2) is 0 Å². The maximum atomic E-state index is 9.81. The Bertz CT molecular complexity index is 409. The SMILES string of the molecule is CNc1cc(CN2C3CCC2CC(O)C3)ccn1. The average molecular weight is 247 g/mol. The second-order valence-corrected chi connectivity index (χ2v) is 5.48. The van der Waals surface area contributed by atoms with E-state index in [9.17, 15) is 5.11 Å². The Labute approximate surface area is 108 Å². The van der Waals surface area contributed by atoms with Gasteiger partial charge in [0.25, 0.3) is 0 Å². The number of aliphatic hydroxyl groups excluding tert-OH is 1. The van der Waals surface area contributed by atoms with E-state index in [1.165, 1.54) is 18.4 Å². The molecule has 2 bridgehead atoms. The molecule has 3 heterocycles. The molecule has 18 heavy (non-hydrogen) atoms. The topological polar surface area (TPSA) is 48.4 Å². The van der Waals surface area contributed by atoms with Gasteiger partial charge in [-0.05, 0) is 43.4 Å². The van der Waals surface area contributed by atoms with Gasteiger partial charge in [0.05, 0.1) is 6.10 Å². The molecule has 4 heteroatoms. The van der Waals surface area contributed by atoms with Crippen LogP contribution >= 0.6 is 0 Å². The van der Waals surface area contributed by atoms with E-state index in [0.717, 1.165) is 25.2 Å². The van der Waals surface area contributed by atoms with Crippen LogP contribution in [-0.2, 0) is 6.54 Å². The first-order chi connectivity index (χ1) is 8.76. The standard InChI is InChI=1S/C14H21N3O/c1-15-14-6-10(4-5-16-14)9-17-11-2-3-12(17)8-13(18)7-11/h4-6,11-13,18H,2-3,7-9H2,1H3,(H,15,16). The van der Waals surface area contributed by atoms with Crippen molar-refractivity contribution in [2.75, 3.05) is 12.4 Å². The van der Waals surface area contributed by atoms with Crippen LogP contribution in [-0.4, -0.2) is 40.2 Å². The average Bonchev–Trinajstić information content (AvgIpc) is 2.62. The molecule has 0 aromatic carbocycles. The summed E-state index contributed by atoms with van der Waals surface area (Å²) in [5.41, 5.74) is 1.31. The highest BCUT2D eigenvalue weighted by Gasteiger charge is 2.39. The summed E-state index contributed by atoms with van der Waals surface area (Å²) in [5, 5.41) is 12.9. The summed E-state index contributed by atoms with van der Waals surface area (Å²) in [6.07, 6.45) is 6.16. The van der Waals surface area contributed by atoms with Crippen molar-refractivity contribution in [2.45, 2.75) is 50.4 Å². The number of aromatic nitrogens is 1. The summed E-state index contributed by atoms with van der Waals surface area (Å²) in [6.45, 7) is 0.985. The molecule has 0 aliphatic carbocycles. The molecule has 4 nitrogen and oxygen atoms in total. The van der Waals surface area contributed by atoms with Crippen LogP contribution in [0.3, 0.4) is 0 Å². The summed E-state index contributed by atoms with van der Waals surface area (Å²) in [5.74, 6) is 0.928. The molecule has 2 aliphatic heterocycles. The van der Waals surface area contributed by atoms with E-state index in [2.05, 4.69) is 27.3 Å². The zero-order valence-electron chi connectivity index (χ0n) is 10.8. The fourth-order valence-corrected chi connectivity index (χ4v) is 3.42. The highest BCUT2D eigenvalue weighted by molar-refractivity contribution is 5.36. The van der Waals surface area contributed by atoms with Gasteiger partial charge >= 0.3 is 0 Å². The van der Waals surface area contributed by atoms with Crippen molar-refractivity contribution in [3.05, 3.63) is 23.9 Å². The van der Waals surface area contributed by atoms with Crippen LogP contribution in [0.25, 0.3) is 0 Å². The van der Waals surface area contributed by atoms with E-state index in [4.69, 9.17) is 0 Å². The van der Waals surface area contributed by atoms with E-state index >= 15 is 0 Å². The first kappa shape index (κ1) is 11.9. The van der Waals surface area contributed by atoms with Crippen LogP contribution in [0, 0.1) is 0 Å². The van der Waals surface area contributed by atoms with Crippen LogP contribution in [0.15, 0.2) is 18.3 Å². The van der Waals surface area contributed by atoms with E-state index in [0.29, 0.717) is 12.1 Å². The number of fused-ring (bicyclic) bond motifs is 2. The van der Waals surface area contributed by atoms with Gasteiger partial charge < -0.3 is 10.4 Å². The predicted octanol–water partition coefficient (Wildman–Crippen LogP) is 1.61. The van der Waals surface area contributed by atoms with Crippen LogP contribution < -0.4 is 5.32 Å². The minimum absolute atomic E-state index is 0.0796. The number of nitrogens with zero attached hydrogens (tertiary/aromatic N) is 2. The van der Waals surface area contributed by atoms with Crippen molar-refractivity contribution < 1.29 is 5.11 Å². The first-order valence-electron chi connectivity index (χ1n) is 6.83. The molecule has 0 saturated carbocycles. The second kappa shape index (κ2) is 4.86. The van der Waals surface area contributed by atoms with Crippen LogP contribution in [0.1, 0.15) is 31.2 Å². The van der Waals surface area contributed by atoms with Crippen molar-refractivity contribution in [1.29, 1.82) is 0 Å². The van der Waals surface area contributed by atoms with Crippen LogP contribution in [0.4, 0.5) is 5.82 Å². The molecule has 3 rings (SSSR count). The minimum Gasteiger partial charge on any atom is -0.393 e. The minimum atomic E-state index is -0.0796. The maximum absolute atomic E-state index is 9.81. The predicted molar refractivity (Wildman–Crippen MR) is 71.4 cm³/mol. The Morgan fingerprint density at radius 1 is 1.39 bits per heavy atom. The Morgan fingerprint density at radius 3 is 2.78 bits per heavy atom. The summed E-state index contributed by atoms with van der Waals surface area (Å²) >= 11 is 0. The van der Waals surface area contributed by atoms with Gasteiger partial charge in [-0.15, -0.1) is 0 Å². The van der Waals surface area contributed by atoms with Gasteiger partial charge in [0.2, 0.25) is 0 Å². The van der Waals surface area contributed by atoms with Crippen molar-refractivity contribution >= 4 is 5.82 Å². The Hall–Kier alpha value is -1.13. The molecule has 0 radical (unpaired) electrons. The number of aliphatic hydroxyl groups is 1. The maximum Gasteiger partial charge on any atom is 0.125 e. The van der Waals surface area contributed by atoms with Crippen LogP contribution in [0.2, 0.25) is 0 Å². The van der Waals surface area contributed by atoms with Gasteiger partial charge in [-0.25, -0.2) is 4.98 Å². The summed E-state index contributed by atoms with van der Waals surface area (Å²) < 4.78 is 0. The fourth-order valence-electron chi connectivity index (χ4n) is 3.42. The number of piperidine rings is 1. The second-order valence-electron chi connectivity index (χ2n) is 5.48. The van der Waals surface area contributed by atoms with Gasteiger partial charge in [0.1, 0.15) is 5.82 Å². The largest absolute Gasteiger partial charge is 0.393 e. The van der Waals surface area contributed by atoms with E-state index in [-0.39, 0.29) is 6.10 Å². The monoisotopic (exact) mass is 247 g/mol. The van der Waals surface area contributed by atoms with Gasteiger partial charge in [-0.2, -0.15) is 0 Å². The molecule has 1 aromatic rings. The fraction of sp³-hybridized carbons (Fsp3) is 0.643. The molecule has 2 fully saturated rings. The zero-order chi connectivity index (χ0) is 12.5. The van der Waals surface area contributed by atoms with Crippen molar-refractivity contribution in [3.63, 3.8) is 0 Å². The molecule has 2 atom stereocenters. The molecule has 0 spiro atoms. The zero-order valence-corrected chi connectivity index (χ0v) is 10.8. The van der Waals surface area contributed by atoms with Crippen molar-refractivity contribution in [2.24, 2.45) is 0 Å². The molecule has 98 valence electrons. The number of rotatable bonds is 3. The van der Waals surface area contributed by atoms with E-state index < -0.39 is 0 Å².